The molecule has 1 aliphatic rings. The first-order valence-electron chi connectivity index (χ1n) is 6.80. The Labute approximate surface area is 112 Å². The maximum absolute atomic E-state index is 13.5. The van der Waals surface area contributed by atoms with Crippen LogP contribution in [0.1, 0.15) is 33.1 Å². The Bertz CT molecular complexity index is 597. The van der Waals surface area contributed by atoms with Crippen molar-refractivity contribution in [2.75, 3.05) is 10.7 Å². The van der Waals surface area contributed by atoms with E-state index in [9.17, 15) is 4.39 Å². The summed E-state index contributed by atoms with van der Waals surface area (Å²) in [7, 11) is 0. The van der Waals surface area contributed by atoms with Gasteiger partial charge in [0.15, 0.2) is 0 Å². The number of benzene rings is 1. The summed E-state index contributed by atoms with van der Waals surface area (Å²) in [5, 5.41) is 2.23. The van der Waals surface area contributed by atoms with Gasteiger partial charge in [0.05, 0.1) is 11.0 Å². The fourth-order valence-corrected chi connectivity index (χ4v) is 3.10. The molecule has 19 heavy (non-hydrogen) atoms. The molecule has 0 spiro atoms. The van der Waals surface area contributed by atoms with E-state index in [4.69, 9.17) is 5.73 Å². The Morgan fingerprint density at radius 1 is 1.26 bits per heavy atom. The lowest BCUT2D eigenvalue weighted by atomic mass is 10.00. The first kappa shape index (κ1) is 12.3. The van der Waals surface area contributed by atoms with Crippen molar-refractivity contribution in [1.29, 1.82) is 0 Å². The number of hydrogen-bond acceptors (Lipinski definition) is 3. The van der Waals surface area contributed by atoms with Gasteiger partial charge in [-0.25, -0.2) is 14.1 Å². The quantitative estimate of drug-likeness (QED) is 0.859. The lowest BCUT2D eigenvalue weighted by molar-refractivity contribution is 0.343. The molecule has 2 unspecified atom stereocenters. The zero-order chi connectivity index (χ0) is 13.6. The summed E-state index contributed by atoms with van der Waals surface area (Å²) in [6.45, 7) is 4.36. The number of nitrogens with zero attached hydrogens (tertiary/aromatic N) is 3. The van der Waals surface area contributed by atoms with Gasteiger partial charge in [-0.15, -0.1) is 0 Å². The Morgan fingerprint density at radius 3 is 2.63 bits per heavy atom. The van der Waals surface area contributed by atoms with Gasteiger partial charge in [0.25, 0.3) is 0 Å². The molecule has 102 valence electrons. The highest BCUT2D eigenvalue weighted by Gasteiger charge is 2.27. The van der Waals surface area contributed by atoms with Gasteiger partial charge in [0.2, 0.25) is 5.95 Å². The molecule has 1 aromatic carbocycles. The molecular formula is C14H19FN4. The maximum atomic E-state index is 13.5. The number of rotatable bonds is 1. The highest BCUT2D eigenvalue weighted by Crippen LogP contribution is 2.27. The summed E-state index contributed by atoms with van der Waals surface area (Å²) < 4.78 is 15.4. The van der Waals surface area contributed by atoms with Crippen molar-refractivity contribution in [3.05, 3.63) is 24.0 Å². The van der Waals surface area contributed by atoms with Gasteiger partial charge in [-0.1, -0.05) is 0 Å². The van der Waals surface area contributed by atoms with Crippen molar-refractivity contribution in [2.45, 2.75) is 45.2 Å². The van der Waals surface area contributed by atoms with E-state index in [0.717, 1.165) is 23.9 Å². The number of piperidine rings is 1. The predicted molar refractivity (Wildman–Crippen MR) is 75.1 cm³/mol. The second-order valence-electron chi connectivity index (χ2n) is 5.42. The van der Waals surface area contributed by atoms with Crippen molar-refractivity contribution < 1.29 is 4.39 Å². The third-order valence-corrected chi connectivity index (χ3v) is 4.00. The van der Waals surface area contributed by atoms with Crippen molar-refractivity contribution in [3.8, 4) is 0 Å². The number of anilines is 1. The van der Waals surface area contributed by atoms with Crippen LogP contribution in [0.5, 0.6) is 0 Å². The molecule has 0 amide bonds. The number of nitrogens with two attached hydrogens (primary N) is 1. The number of fused-ring (bicyclic) bond motifs is 1. The minimum absolute atomic E-state index is 0.258. The van der Waals surface area contributed by atoms with Crippen LogP contribution in [-0.4, -0.2) is 21.7 Å². The Kier molecular flexibility index (Phi) is 2.84. The minimum atomic E-state index is -0.258. The molecule has 5 heteroatoms. The second kappa shape index (κ2) is 4.40. The minimum Gasteiger partial charge on any atom is -0.368 e. The van der Waals surface area contributed by atoms with E-state index >= 15 is 0 Å². The first-order chi connectivity index (χ1) is 9.08. The van der Waals surface area contributed by atoms with E-state index in [-0.39, 0.29) is 5.82 Å². The highest BCUT2D eigenvalue weighted by atomic mass is 19.1. The van der Waals surface area contributed by atoms with E-state index in [2.05, 4.69) is 23.8 Å². The third kappa shape index (κ3) is 1.93. The van der Waals surface area contributed by atoms with Crippen LogP contribution < -0.4 is 10.7 Å². The number of halogens is 1. The summed E-state index contributed by atoms with van der Waals surface area (Å²) in [6.07, 6.45) is 3.47. The maximum Gasteiger partial charge on any atom is 0.220 e. The van der Waals surface area contributed by atoms with E-state index in [1.165, 1.54) is 18.6 Å². The van der Waals surface area contributed by atoms with Crippen LogP contribution in [0.25, 0.3) is 11.0 Å². The molecule has 2 atom stereocenters. The van der Waals surface area contributed by atoms with Crippen LogP contribution in [0, 0.1) is 5.82 Å². The second-order valence-corrected chi connectivity index (χ2v) is 5.42. The highest BCUT2D eigenvalue weighted by molar-refractivity contribution is 5.78. The molecule has 0 bridgehead atoms. The van der Waals surface area contributed by atoms with Crippen molar-refractivity contribution in [3.63, 3.8) is 0 Å². The van der Waals surface area contributed by atoms with E-state index in [1.54, 1.807) is 6.07 Å². The van der Waals surface area contributed by atoms with Gasteiger partial charge >= 0.3 is 0 Å². The number of imidazole rings is 1. The molecule has 4 nitrogen and oxygen atoms in total. The first-order valence-corrected chi connectivity index (χ1v) is 6.80. The predicted octanol–water partition coefficient (Wildman–Crippen LogP) is 2.66. The van der Waals surface area contributed by atoms with Crippen LogP contribution in [0.4, 0.5) is 10.3 Å². The molecule has 2 aromatic rings. The van der Waals surface area contributed by atoms with Crippen LogP contribution in [0.3, 0.4) is 0 Å². The molecule has 2 heterocycles. The standard InChI is InChI=1S/C14H19FN4/c1-9-4-3-5-10(2)18(9)19-13-8-11(15)6-7-12(13)17-14(19)16/h6-10H,3-5H2,1-2H3,(H2,16,17). The molecule has 3 rings (SSSR count). The smallest absolute Gasteiger partial charge is 0.220 e. The molecule has 2 N–H and O–H groups in total. The lowest BCUT2D eigenvalue weighted by Gasteiger charge is -2.41. The molecule has 1 fully saturated rings. The topological polar surface area (TPSA) is 47.1 Å². The zero-order valence-electron chi connectivity index (χ0n) is 11.3. The third-order valence-electron chi connectivity index (χ3n) is 4.00. The molecule has 1 aliphatic heterocycles. The van der Waals surface area contributed by atoms with E-state index in [1.807, 2.05) is 4.68 Å². The molecule has 1 saturated heterocycles. The molecule has 0 aliphatic carbocycles. The largest absolute Gasteiger partial charge is 0.368 e. The van der Waals surface area contributed by atoms with E-state index < -0.39 is 0 Å². The van der Waals surface area contributed by atoms with Crippen LogP contribution in [-0.2, 0) is 0 Å². The molecule has 1 aromatic heterocycles. The van der Waals surface area contributed by atoms with Gasteiger partial charge in [0.1, 0.15) is 5.82 Å². The summed E-state index contributed by atoms with van der Waals surface area (Å²) in [5.74, 6) is 0.173. The zero-order valence-corrected chi connectivity index (χ0v) is 11.3. The van der Waals surface area contributed by atoms with Gasteiger partial charge in [-0.3, -0.25) is 0 Å². The van der Waals surface area contributed by atoms with Crippen LogP contribution in [0.15, 0.2) is 18.2 Å². The molecular weight excluding hydrogens is 243 g/mol. The Balaban J connectivity index is 2.17. The number of aromatic nitrogens is 2. The average Bonchev–Trinajstić information content (AvgIpc) is 2.66. The molecule has 0 saturated carbocycles. The fraction of sp³-hybridized carbons (Fsp3) is 0.500. The Morgan fingerprint density at radius 2 is 1.95 bits per heavy atom. The van der Waals surface area contributed by atoms with Crippen molar-refractivity contribution >= 4 is 17.0 Å². The number of hydrogen-bond donors (Lipinski definition) is 1. The molecule has 0 radical (unpaired) electrons. The Hall–Kier alpha value is -1.78. The van der Waals surface area contributed by atoms with Crippen LogP contribution in [0.2, 0.25) is 0 Å². The van der Waals surface area contributed by atoms with Crippen molar-refractivity contribution in [2.24, 2.45) is 0 Å². The van der Waals surface area contributed by atoms with Crippen LogP contribution >= 0.6 is 0 Å². The van der Waals surface area contributed by atoms with Gasteiger partial charge in [0, 0.05) is 18.2 Å². The summed E-state index contributed by atoms with van der Waals surface area (Å²) in [5.41, 5.74) is 7.53. The van der Waals surface area contributed by atoms with Gasteiger partial charge in [-0.05, 0) is 45.2 Å². The average molecular weight is 262 g/mol. The van der Waals surface area contributed by atoms with Crippen molar-refractivity contribution in [1.82, 2.24) is 9.66 Å². The lowest BCUT2D eigenvalue weighted by Crippen LogP contribution is -2.51. The van der Waals surface area contributed by atoms with Gasteiger partial charge < -0.3 is 10.7 Å². The number of nitrogen functional groups attached to an aromatic ring is 1. The fourth-order valence-electron chi connectivity index (χ4n) is 3.10. The SMILES string of the molecule is CC1CCCC(C)N1n1c(N)nc2ccc(F)cc21. The monoisotopic (exact) mass is 262 g/mol. The van der Waals surface area contributed by atoms with Gasteiger partial charge in [-0.2, -0.15) is 0 Å². The normalized spacial score (nSPS) is 24.1. The van der Waals surface area contributed by atoms with E-state index in [0.29, 0.717) is 18.0 Å². The summed E-state index contributed by atoms with van der Waals surface area (Å²) in [6, 6.07) is 5.37. The summed E-state index contributed by atoms with van der Waals surface area (Å²) >= 11 is 0. The summed E-state index contributed by atoms with van der Waals surface area (Å²) in [4.78, 5) is 4.33.